The topological polar surface area (TPSA) is 3.24 Å². The average molecular weight is 661 g/mol. The van der Waals surface area contributed by atoms with E-state index in [0.29, 0.717) is 16.2 Å². The fourth-order valence-corrected chi connectivity index (χ4v) is 6.18. The van der Waals surface area contributed by atoms with Gasteiger partial charge in [0.2, 0.25) is 0 Å². The summed E-state index contributed by atoms with van der Waals surface area (Å²) in [5.41, 5.74) is -7.87. The van der Waals surface area contributed by atoms with Crippen LogP contribution in [0.25, 0.3) is 64.3 Å². The molecule has 1 aromatic heterocycles. The molecule has 48 heavy (non-hydrogen) atoms. The lowest BCUT2D eigenvalue weighted by atomic mass is 9.95. The highest BCUT2D eigenvalue weighted by Gasteiger charge is 2.20. The van der Waals surface area contributed by atoms with E-state index in [4.69, 9.17) is 24.7 Å². The molecular formula is C46H31NS. The maximum absolute atomic E-state index is 9.83. The molecule has 0 bridgehead atoms. The highest BCUT2D eigenvalue weighted by molar-refractivity contribution is 7.27. The minimum Gasteiger partial charge on any atom is -0.309 e. The molecule has 0 N–H and O–H groups in total. The van der Waals surface area contributed by atoms with Crippen molar-refractivity contribution >= 4 is 59.3 Å². The zero-order valence-electron chi connectivity index (χ0n) is 54.9. The number of hydrogen-bond donors (Lipinski definition) is 0. The lowest BCUT2D eigenvalue weighted by molar-refractivity contribution is 1.30. The van der Waals surface area contributed by atoms with E-state index in [1.165, 1.54) is 0 Å². The van der Waals surface area contributed by atoms with Gasteiger partial charge in [0.25, 0.3) is 0 Å². The molecule has 0 aliphatic heterocycles. The first-order chi connectivity index (χ1) is 36.7. The highest BCUT2D eigenvalue weighted by atomic mass is 32.1. The minimum absolute atomic E-state index is 0.343. The molecule has 0 unspecified atom stereocenters. The van der Waals surface area contributed by atoms with Crippen molar-refractivity contribution in [3.05, 3.63) is 187 Å². The van der Waals surface area contributed by atoms with Crippen LogP contribution >= 0.6 is 11.3 Å². The third kappa shape index (κ3) is 4.95. The van der Waals surface area contributed by atoms with Crippen LogP contribution in [-0.2, 0) is 0 Å². The van der Waals surface area contributed by atoms with Crippen molar-refractivity contribution in [1.29, 1.82) is 0 Å². The summed E-state index contributed by atoms with van der Waals surface area (Å²) in [6.45, 7) is 0. The molecule has 0 saturated heterocycles. The van der Waals surface area contributed by atoms with Gasteiger partial charge in [0.1, 0.15) is 0 Å². The molecule has 0 aliphatic rings. The van der Waals surface area contributed by atoms with Crippen molar-refractivity contribution < 1.29 is 42.5 Å². The van der Waals surface area contributed by atoms with Crippen LogP contribution in [0.15, 0.2) is 187 Å². The van der Waals surface area contributed by atoms with Crippen molar-refractivity contribution in [2.45, 2.75) is 0 Å². The Morgan fingerprint density at radius 2 is 0.792 bits per heavy atom. The molecule has 1 nitrogen and oxygen atoms in total. The third-order valence-electron chi connectivity index (χ3n) is 7.05. The maximum atomic E-state index is 9.83. The van der Waals surface area contributed by atoms with Gasteiger partial charge in [-0.05, 0) is 75.0 Å². The van der Waals surface area contributed by atoms with E-state index in [1.54, 1.807) is 0 Å². The molecule has 1 heterocycles. The Hall–Kier alpha value is -5.96. The zero-order valence-corrected chi connectivity index (χ0v) is 24.7. The van der Waals surface area contributed by atoms with Crippen molar-refractivity contribution in [2.75, 3.05) is 4.90 Å². The molecule has 9 rings (SSSR count). The molecule has 0 aliphatic carbocycles. The summed E-state index contributed by atoms with van der Waals surface area (Å²) in [5, 5.41) is -2.15. The Bertz CT molecular complexity index is 4060. The second-order valence-electron chi connectivity index (χ2n) is 9.77. The Balaban J connectivity index is 1.56. The van der Waals surface area contributed by atoms with Gasteiger partial charge >= 0.3 is 0 Å². The lowest BCUT2D eigenvalue weighted by Crippen LogP contribution is -2.10. The number of anilines is 3. The van der Waals surface area contributed by atoms with Crippen LogP contribution in [0.1, 0.15) is 42.5 Å². The summed E-state index contributed by atoms with van der Waals surface area (Å²) in [4.78, 5) is 0.466. The molecule has 0 fully saturated rings. The number of thiophene rings is 1. The SMILES string of the molecule is [2H]c1c([2H])c([2H])c(-c2c([2H])c([2H])c(N(c3c([2H])c([2H])c(-c4c([2H])c([2H])c([2H])c([2H])c4[2H])c([2H])c3[2H])c3c([2H])c([2H])c([2H])c4c3sc3c5c([2H])c([2H])c([2H])c([2H])c5c(-c5c([2H])c([2H])c([2H])c([2H])c5[2H])c([2H])c34)c([2H])c2[2H])c([2H])c1[2H]. The van der Waals surface area contributed by atoms with E-state index < -0.39 is 264 Å². The van der Waals surface area contributed by atoms with Crippen LogP contribution in [-0.4, -0.2) is 0 Å². The fraction of sp³-hybridized carbons (Fsp3) is 0. The number of benzene rings is 8. The molecule has 0 saturated carbocycles. The van der Waals surface area contributed by atoms with E-state index in [-0.39, 0.29) is 4.70 Å². The molecule has 0 amide bonds. The number of hydrogen-bond acceptors (Lipinski definition) is 2. The third-order valence-corrected chi connectivity index (χ3v) is 8.26. The first kappa shape index (κ1) is 10.8. The van der Waals surface area contributed by atoms with Gasteiger partial charge in [0.05, 0.1) is 52.9 Å². The van der Waals surface area contributed by atoms with Gasteiger partial charge in [-0.15, -0.1) is 11.3 Å². The first-order valence-electron chi connectivity index (χ1n) is 29.3. The Morgan fingerprint density at radius 3 is 1.35 bits per heavy atom. The van der Waals surface area contributed by atoms with Crippen LogP contribution in [0.2, 0.25) is 0 Å². The van der Waals surface area contributed by atoms with E-state index in [0.717, 1.165) is 0 Å². The number of fused-ring (bicyclic) bond motifs is 5. The summed E-state index contributed by atoms with van der Waals surface area (Å²) in [7, 11) is 0. The van der Waals surface area contributed by atoms with E-state index in [2.05, 4.69) is 0 Å². The molecule has 8 aromatic carbocycles. The monoisotopic (exact) mass is 660 g/mol. The standard InChI is InChI=1S/C46H31NS/c1-4-13-32(14-5-1)34-23-27-37(28-24-34)47(38-29-25-35(26-30-38)33-15-6-2-7-16-33)44-22-12-21-41-43-31-42(36-17-8-3-9-18-36)39-19-10-11-20-40(39)45(43)48-46(41)44/h1-31H/i1D,2D,3D,4D,5D,6D,7D,8D,9D,10D,11D,12D,13D,14D,15D,16D,17D,18D,19D,20D,21D,22D,23D,24D,25D,26D,27D,28D,29D,30D,31D. The van der Waals surface area contributed by atoms with E-state index in [1.807, 2.05) is 0 Å². The van der Waals surface area contributed by atoms with Crippen LogP contribution < -0.4 is 4.90 Å². The highest BCUT2D eigenvalue weighted by Crippen LogP contribution is 2.48. The molecule has 2 heteroatoms. The summed E-state index contributed by atoms with van der Waals surface area (Å²) in [6, 6.07) is -31.0. The molecule has 0 atom stereocenters. The average Bonchev–Trinajstić information content (AvgIpc) is 3.43. The maximum Gasteiger partial charge on any atom is 0.0645 e. The lowest BCUT2D eigenvalue weighted by Gasteiger charge is -2.26. The molecular weight excluding hydrogens is 599 g/mol. The van der Waals surface area contributed by atoms with Crippen molar-refractivity contribution in [3.8, 4) is 33.4 Å². The van der Waals surface area contributed by atoms with Crippen LogP contribution in [0, 0.1) is 0 Å². The van der Waals surface area contributed by atoms with Gasteiger partial charge in [-0.2, -0.15) is 0 Å². The Kier molecular flexibility index (Phi) is 2.70. The van der Waals surface area contributed by atoms with Crippen LogP contribution in [0.3, 0.4) is 0 Å². The first-order valence-corrected chi connectivity index (χ1v) is 14.6. The second-order valence-corrected chi connectivity index (χ2v) is 10.8. The van der Waals surface area contributed by atoms with E-state index >= 15 is 0 Å². The van der Waals surface area contributed by atoms with Gasteiger partial charge in [0, 0.05) is 32.2 Å². The van der Waals surface area contributed by atoms with Crippen molar-refractivity contribution in [2.24, 2.45) is 0 Å². The molecule has 0 spiro atoms. The van der Waals surface area contributed by atoms with Crippen molar-refractivity contribution in [3.63, 3.8) is 0 Å². The second kappa shape index (κ2) is 12.0. The minimum atomic E-state index is -1.23. The van der Waals surface area contributed by atoms with Crippen LogP contribution in [0.4, 0.5) is 17.1 Å². The van der Waals surface area contributed by atoms with Crippen molar-refractivity contribution in [1.82, 2.24) is 0 Å². The summed E-state index contributed by atoms with van der Waals surface area (Å²) < 4.78 is 276. The van der Waals surface area contributed by atoms with Gasteiger partial charge in [-0.1, -0.05) is 151 Å². The van der Waals surface area contributed by atoms with Crippen LogP contribution in [0.5, 0.6) is 0 Å². The van der Waals surface area contributed by atoms with E-state index in [9.17, 15) is 17.8 Å². The Labute approximate surface area is 328 Å². The summed E-state index contributed by atoms with van der Waals surface area (Å²) in [6.07, 6.45) is 0. The van der Waals surface area contributed by atoms with Gasteiger partial charge < -0.3 is 4.90 Å². The number of nitrogens with zero attached hydrogens (tertiary/aromatic N) is 1. The predicted octanol–water partition coefficient (Wildman–Crippen LogP) is 13.7. The smallest absolute Gasteiger partial charge is 0.0645 e. The summed E-state index contributed by atoms with van der Waals surface area (Å²) in [5.74, 6) is 0. The van der Waals surface area contributed by atoms with Gasteiger partial charge in [-0.3, -0.25) is 0 Å². The quantitative estimate of drug-likeness (QED) is 0.172. The molecule has 9 aromatic rings. The molecule has 0 radical (unpaired) electrons. The summed E-state index contributed by atoms with van der Waals surface area (Å²) >= 11 is 0.421. The number of rotatable bonds is 6. The normalized spacial score (nSPS) is 20.4. The van der Waals surface area contributed by atoms with Gasteiger partial charge in [-0.25, -0.2) is 0 Å². The van der Waals surface area contributed by atoms with Gasteiger partial charge in [0.15, 0.2) is 0 Å². The fourth-order valence-electron chi connectivity index (χ4n) is 4.97. The largest absolute Gasteiger partial charge is 0.309 e. The Morgan fingerprint density at radius 1 is 0.354 bits per heavy atom. The predicted molar refractivity (Wildman–Crippen MR) is 208 cm³/mol. The zero-order chi connectivity index (χ0) is 58.8. The molecule has 226 valence electrons.